The molecule has 0 aliphatic rings. The fraction of sp³-hybridized carbons (Fsp3) is 0.0769. The van der Waals surface area contributed by atoms with Crippen LogP contribution in [0.15, 0.2) is 42.5 Å². The van der Waals surface area contributed by atoms with Crippen molar-refractivity contribution >= 4 is 33.3 Å². The van der Waals surface area contributed by atoms with E-state index in [2.05, 4.69) is 0 Å². The van der Waals surface area contributed by atoms with Crippen molar-refractivity contribution in [3.8, 4) is 11.1 Å². The first kappa shape index (κ1) is 14.3. The Bertz CT molecular complexity index is 712. The largest absolute Gasteiger partial charge is 0.748 e. The van der Waals surface area contributed by atoms with Gasteiger partial charge in [0.15, 0.2) is 0 Å². The van der Waals surface area contributed by atoms with E-state index in [0.717, 1.165) is 0 Å². The third kappa shape index (κ3) is 3.70. The average Bonchev–Trinajstić information content (AvgIpc) is 2.28. The molecule has 2 aromatic carbocycles. The molecule has 0 radical (unpaired) electrons. The molecule has 0 aliphatic heterocycles. The first-order valence-corrected chi connectivity index (χ1v) is 7.67. The van der Waals surface area contributed by atoms with Crippen molar-refractivity contribution in [2.45, 2.75) is 5.75 Å². The highest BCUT2D eigenvalue weighted by molar-refractivity contribution is 7.84. The van der Waals surface area contributed by atoms with Gasteiger partial charge in [-0.05, 0) is 23.3 Å². The van der Waals surface area contributed by atoms with Gasteiger partial charge in [0.05, 0.1) is 15.9 Å². The van der Waals surface area contributed by atoms with Crippen molar-refractivity contribution in [2.24, 2.45) is 0 Å². The lowest BCUT2D eigenvalue weighted by Crippen LogP contribution is -2.03. The summed E-state index contributed by atoms with van der Waals surface area (Å²) in [7, 11) is -4.35. The molecule has 0 saturated carbocycles. The van der Waals surface area contributed by atoms with E-state index in [1.165, 1.54) is 0 Å². The van der Waals surface area contributed by atoms with Crippen molar-refractivity contribution in [1.29, 1.82) is 0 Å². The molecule has 6 heteroatoms. The van der Waals surface area contributed by atoms with Crippen molar-refractivity contribution in [3.05, 3.63) is 58.1 Å². The molecule has 0 amide bonds. The first-order chi connectivity index (χ1) is 8.87. The van der Waals surface area contributed by atoms with Crippen molar-refractivity contribution in [3.63, 3.8) is 0 Å². The minimum atomic E-state index is -4.35. The third-order valence-electron chi connectivity index (χ3n) is 2.57. The van der Waals surface area contributed by atoms with Gasteiger partial charge in [0, 0.05) is 15.6 Å². The van der Waals surface area contributed by atoms with Crippen LogP contribution in [-0.2, 0) is 15.9 Å². The highest BCUT2D eigenvalue weighted by Gasteiger charge is 2.10. The molecule has 3 nitrogen and oxygen atoms in total. The fourth-order valence-electron chi connectivity index (χ4n) is 1.81. The lowest BCUT2D eigenvalue weighted by Gasteiger charge is -2.13. The second-order valence-electron chi connectivity index (χ2n) is 3.98. The molecule has 0 aliphatic carbocycles. The fourth-order valence-corrected chi connectivity index (χ4v) is 2.95. The summed E-state index contributed by atoms with van der Waals surface area (Å²) < 4.78 is 32.7. The van der Waals surface area contributed by atoms with E-state index >= 15 is 0 Å². The average molecular weight is 316 g/mol. The Morgan fingerprint density at radius 2 is 1.68 bits per heavy atom. The van der Waals surface area contributed by atoms with Crippen LogP contribution in [0.3, 0.4) is 0 Å². The van der Waals surface area contributed by atoms with Crippen LogP contribution in [0.4, 0.5) is 0 Å². The summed E-state index contributed by atoms with van der Waals surface area (Å²) in [5.74, 6) is -0.567. The van der Waals surface area contributed by atoms with Gasteiger partial charge in [-0.25, -0.2) is 8.42 Å². The van der Waals surface area contributed by atoms with E-state index in [1.807, 2.05) is 0 Å². The van der Waals surface area contributed by atoms with Gasteiger partial charge >= 0.3 is 0 Å². The van der Waals surface area contributed by atoms with Crippen LogP contribution in [0.25, 0.3) is 11.1 Å². The number of benzene rings is 2. The summed E-state index contributed by atoms with van der Waals surface area (Å²) in [5, 5.41) is 0.894. The summed E-state index contributed by atoms with van der Waals surface area (Å²) in [4.78, 5) is 0. The summed E-state index contributed by atoms with van der Waals surface area (Å²) in [5.41, 5.74) is 1.68. The van der Waals surface area contributed by atoms with Gasteiger partial charge < -0.3 is 4.55 Å². The number of halogens is 2. The van der Waals surface area contributed by atoms with Crippen LogP contribution in [0.5, 0.6) is 0 Å². The van der Waals surface area contributed by atoms with E-state index in [0.29, 0.717) is 26.7 Å². The Hall–Kier alpha value is -1.07. The Labute approximate surface area is 121 Å². The molecular formula is C13H9Cl2O3S-. The van der Waals surface area contributed by atoms with E-state index < -0.39 is 15.9 Å². The maximum absolute atomic E-state index is 10.9. The van der Waals surface area contributed by atoms with Gasteiger partial charge in [0.25, 0.3) is 0 Å². The lowest BCUT2D eigenvalue weighted by atomic mass is 10.0. The maximum atomic E-state index is 10.9. The second kappa shape index (κ2) is 5.51. The molecule has 0 bridgehead atoms. The Balaban J connectivity index is 2.56. The summed E-state index contributed by atoms with van der Waals surface area (Å²) in [6.45, 7) is 0. The third-order valence-corrected chi connectivity index (χ3v) is 3.78. The maximum Gasteiger partial charge on any atom is 0.0988 e. The van der Waals surface area contributed by atoms with Gasteiger partial charge in [-0.3, -0.25) is 0 Å². The van der Waals surface area contributed by atoms with Gasteiger partial charge in [-0.1, -0.05) is 53.5 Å². The molecule has 100 valence electrons. The normalized spacial score (nSPS) is 11.5. The minimum absolute atomic E-state index is 0.406. The highest BCUT2D eigenvalue weighted by atomic mass is 35.5. The quantitative estimate of drug-likeness (QED) is 0.811. The van der Waals surface area contributed by atoms with Crippen LogP contribution in [-0.4, -0.2) is 13.0 Å². The zero-order chi connectivity index (χ0) is 14.0. The van der Waals surface area contributed by atoms with Crippen molar-refractivity contribution < 1.29 is 13.0 Å². The van der Waals surface area contributed by atoms with Crippen LogP contribution < -0.4 is 0 Å². The standard InChI is InChI=1S/C13H10Cl2O3S/c14-10-5-6-12(13(15)7-10)11-4-2-1-3-9(11)8-19(16,17)18/h1-7H,8H2,(H,16,17,18)/p-1. The predicted octanol–water partition coefficient (Wildman–Crippen LogP) is 3.71. The zero-order valence-electron chi connectivity index (χ0n) is 9.64. The van der Waals surface area contributed by atoms with Crippen LogP contribution in [0.1, 0.15) is 5.56 Å². The molecule has 0 unspecified atom stereocenters. The minimum Gasteiger partial charge on any atom is -0.748 e. The van der Waals surface area contributed by atoms with Gasteiger partial charge in [-0.15, -0.1) is 0 Å². The highest BCUT2D eigenvalue weighted by Crippen LogP contribution is 2.33. The monoisotopic (exact) mass is 315 g/mol. The number of hydrogen-bond donors (Lipinski definition) is 0. The smallest absolute Gasteiger partial charge is 0.0988 e. The summed E-state index contributed by atoms with van der Waals surface area (Å²) in [6, 6.07) is 11.7. The Morgan fingerprint density at radius 3 is 2.32 bits per heavy atom. The second-order valence-corrected chi connectivity index (χ2v) is 6.23. The SMILES string of the molecule is O=S(=O)([O-])Cc1ccccc1-c1ccc(Cl)cc1Cl. The zero-order valence-corrected chi connectivity index (χ0v) is 12.0. The van der Waals surface area contributed by atoms with Gasteiger partial charge in [-0.2, -0.15) is 0 Å². The molecule has 0 aromatic heterocycles. The lowest BCUT2D eigenvalue weighted by molar-refractivity contribution is 0.462. The first-order valence-electron chi connectivity index (χ1n) is 5.34. The van der Waals surface area contributed by atoms with Gasteiger partial charge in [0.1, 0.15) is 0 Å². The number of rotatable bonds is 3. The predicted molar refractivity (Wildman–Crippen MR) is 75.3 cm³/mol. The Morgan fingerprint density at radius 1 is 1.00 bits per heavy atom. The van der Waals surface area contributed by atoms with Crippen LogP contribution >= 0.6 is 23.2 Å². The molecular weight excluding hydrogens is 307 g/mol. The molecule has 19 heavy (non-hydrogen) atoms. The molecule has 0 spiro atoms. The van der Waals surface area contributed by atoms with E-state index in [9.17, 15) is 13.0 Å². The Kier molecular flexibility index (Phi) is 4.16. The van der Waals surface area contributed by atoms with Gasteiger partial charge in [0.2, 0.25) is 0 Å². The van der Waals surface area contributed by atoms with E-state index in [1.54, 1.807) is 42.5 Å². The summed E-state index contributed by atoms with van der Waals surface area (Å²) >= 11 is 11.9. The number of hydrogen-bond acceptors (Lipinski definition) is 3. The van der Waals surface area contributed by atoms with E-state index in [4.69, 9.17) is 23.2 Å². The molecule has 0 atom stereocenters. The molecule has 0 heterocycles. The van der Waals surface area contributed by atoms with E-state index in [-0.39, 0.29) is 0 Å². The summed E-state index contributed by atoms with van der Waals surface area (Å²) in [6.07, 6.45) is 0. The molecule has 0 saturated heterocycles. The molecule has 0 N–H and O–H groups in total. The van der Waals surface area contributed by atoms with Crippen molar-refractivity contribution in [2.75, 3.05) is 0 Å². The molecule has 0 fully saturated rings. The van der Waals surface area contributed by atoms with Crippen LogP contribution in [0, 0.1) is 0 Å². The van der Waals surface area contributed by atoms with Crippen LogP contribution in [0.2, 0.25) is 10.0 Å². The molecule has 2 rings (SSSR count). The molecule has 2 aromatic rings. The van der Waals surface area contributed by atoms with Crippen molar-refractivity contribution in [1.82, 2.24) is 0 Å². The topological polar surface area (TPSA) is 57.2 Å².